The molecule has 0 aliphatic rings. The Kier molecular flexibility index (Phi) is 7.59. The highest BCUT2D eigenvalue weighted by Gasteiger charge is 1.91. The first-order valence-corrected chi connectivity index (χ1v) is 6.95. The molecule has 0 atom stereocenters. The maximum absolute atomic E-state index is 9.13. The summed E-state index contributed by atoms with van der Waals surface area (Å²) in [5.74, 6) is 0.323. The van der Waals surface area contributed by atoms with Crippen LogP contribution in [0.15, 0.2) is 78.9 Å². The minimum absolute atomic E-state index is 0.323. The summed E-state index contributed by atoms with van der Waals surface area (Å²) >= 11 is 0. The molecule has 3 aromatic rings. The number of phenols is 1. The molecule has 1 N–H and O–H groups in total. The summed E-state index contributed by atoms with van der Waals surface area (Å²) in [7, 11) is 0. The van der Waals surface area contributed by atoms with Crippen LogP contribution in [0, 0.1) is 0 Å². The number of phenolic OH excluding ortho intramolecular Hbond substituents is 1. The zero-order valence-electron chi connectivity index (χ0n) is 12.2. The molecule has 0 unspecified atom stereocenters. The highest BCUT2D eigenvalue weighted by atomic mass is 16.3. The molecule has 104 valence electrons. The van der Waals surface area contributed by atoms with Gasteiger partial charge in [0.15, 0.2) is 0 Å². The monoisotopic (exact) mass is 266 g/mol. The summed E-state index contributed by atoms with van der Waals surface area (Å²) < 4.78 is 0. The Morgan fingerprint density at radius 3 is 1.60 bits per heavy atom. The normalized spacial score (nSPS) is 8.90. The summed E-state index contributed by atoms with van der Waals surface area (Å²) in [6.07, 6.45) is 1.25. The van der Waals surface area contributed by atoms with Crippen molar-refractivity contribution in [3.8, 4) is 5.75 Å². The van der Waals surface area contributed by atoms with Crippen molar-refractivity contribution in [1.29, 1.82) is 0 Å². The third-order valence-corrected chi connectivity index (χ3v) is 2.40. The zero-order valence-corrected chi connectivity index (χ0v) is 12.2. The number of hydrogen-bond donors (Lipinski definition) is 1. The molecule has 1 heteroatoms. The van der Waals surface area contributed by atoms with Gasteiger partial charge < -0.3 is 5.11 Å². The van der Waals surface area contributed by atoms with Crippen molar-refractivity contribution in [2.24, 2.45) is 0 Å². The topological polar surface area (TPSA) is 20.2 Å². The van der Waals surface area contributed by atoms with Gasteiger partial charge in [0.1, 0.15) is 5.75 Å². The van der Waals surface area contributed by atoms with Crippen LogP contribution in [0.3, 0.4) is 0 Å². The molecule has 0 aliphatic heterocycles. The fraction of sp³-hybridized carbons (Fsp3) is 0.158. The van der Waals surface area contributed by atoms with Crippen molar-refractivity contribution in [1.82, 2.24) is 0 Å². The van der Waals surface area contributed by atoms with E-state index in [9.17, 15) is 0 Å². The van der Waals surface area contributed by atoms with E-state index in [-0.39, 0.29) is 0 Å². The largest absolute Gasteiger partial charge is 0.508 e. The van der Waals surface area contributed by atoms with Crippen LogP contribution in [0.2, 0.25) is 0 Å². The van der Waals surface area contributed by atoms with Gasteiger partial charge in [0, 0.05) is 0 Å². The second-order valence-electron chi connectivity index (χ2n) is 4.39. The van der Waals surface area contributed by atoms with Crippen LogP contribution in [-0.4, -0.2) is 5.11 Å². The summed E-state index contributed by atoms with van der Waals surface area (Å²) in [4.78, 5) is 0. The lowest BCUT2D eigenvalue weighted by atomic mass is 10.1. The van der Waals surface area contributed by atoms with Crippen molar-refractivity contribution in [3.63, 3.8) is 0 Å². The Bertz CT molecular complexity index is 561. The third-order valence-electron chi connectivity index (χ3n) is 2.40. The van der Waals surface area contributed by atoms with Crippen LogP contribution in [0.5, 0.6) is 5.75 Å². The van der Waals surface area contributed by atoms with Crippen LogP contribution < -0.4 is 0 Å². The maximum Gasteiger partial charge on any atom is 0.116 e. The van der Waals surface area contributed by atoms with Gasteiger partial charge >= 0.3 is 0 Å². The summed E-state index contributed by atoms with van der Waals surface area (Å²) in [5.41, 5.74) is 0. The van der Waals surface area contributed by atoms with E-state index in [0.29, 0.717) is 5.75 Å². The Morgan fingerprint density at radius 2 is 1.10 bits per heavy atom. The predicted octanol–water partition coefficient (Wildman–Crippen LogP) is 5.65. The summed E-state index contributed by atoms with van der Waals surface area (Å²) in [6, 6.07) is 25.3. The van der Waals surface area contributed by atoms with Gasteiger partial charge in [-0.25, -0.2) is 0 Å². The molecule has 0 saturated heterocycles. The minimum atomic E-state index is 0.323. The number of fused-ring (bicyclic) bond motifs is 1. The number of hydrogen-bond acceptors (Lipinski definition) is 1. The van der Waals surface area contributed by atoms with Gasteiger partial charge in [-0.05, 0) is 22.9 Å². The molecule has 0 radical (unpaired) electrons. The van der Waals surface area contributed by atoms with E-state index in [1.807, 2.05) is 66.7 Å². The van der Waals surface area contributed by atoms with Gasteiger partial charge in [0.05, 0.1) is 0 Å². The second-order valence-corrected chi connectivity index (χ2v) is 4.39. The highest BCUT2D eigenvalue weighted by molar-refractivity contribution is 5.83. The van der Waals surface area contributed by atoms with Crippen LogP contribution in [-0.2, 0) is 0 Å². The van der Waals surface area contributed by atoms with Gasteiger partial charge in [-0.3, -0.25) is 0 Å². The smallest absolute Gasteiger partial charge is 0.116 e. The van der Waals surface area contributed by atoms with Crippen LogP contribution in [0.4, 0.5) is 0 Å². The van der Waals surface area contributed by atoms with E-state index in [0.717, 1.165) is 10.8 Å². The molecule has 0 bridgehead atoms. The van der Waals surface area contributed by atoms with E-state index < -0.39 is 0 Å². The van der Waals surface area contributed by atoms with Crippen molar-refractivity contribution in [2.75, 3.05) is 0 Å². The van der Waals surface area contributed by atoms with Crippen LogP contribution in [0.1, 0.15) is 20.3 Å². The number of benzene rings is 3. The fourth-order valence-electron chi connectivity index (χ4n) is 1.56. The Hall–Kier alpha value is -2.28. The maximum atomic E-state index is 9.13. The van der Waals surface area contributed by atoms with Gasteiger partial charge in [0.2, 0.25) is 0 Å². The van der Waals surface area contributed by atoms with Gasteiger partial charge in [0.25, 0.3) is 0 Å². The lowest BCUT2D eigenvalue weighted by Crippen LogP contribution is -1.69. The molecule has 0 aromatic heterocycles. The fourth-order valence-corrected chi connectivity index (χ4v) is 1.56. The SMILES string of the molecule is CCC.Oc1ccc2ccccc2c1.c1ccccc1. The molecule has 20 heavy (non-hydrogen) atoms. The Balaban J connectivity index is 0.000000188. The van der Waals surface area contributed by atoms with E-state index in [1.165, 1.54) is 6.42 Å². The predicted molar refractivity (Wildman–Crippen MR) is 88.0 cm³/mol. The molecule has 1 nitrogen and oxygen atoms in total. The molecule has 0 aliphatic carbocycles. The Labute approximate surface area is 121 Å². The van der Waals surface area contributed by atoms with Crippen molar-refractivity contribution in [2.45, 2.75) is 20.3 Å². The third kappa shape index (κ3) is 6.05. The van der Waals surface area contributed by atoms with Crippen molar-refractivity contribution < 1.29 is 5.11 Å². The molecule has 3 aromatic carbocycles. The van der Waals surface area contributed by atoms with Gasteiger partial charge in [-0.1, -0.05) is 87.0 Å². The van der Waals surface area contributed by atoms with E-state index >= 15 is 0 Å². The Morgan fingerprint density at radius 1 is 0.650 bits per heavy atom. The molecule has 0 spiro atoms. The lowest BCUT2D eigenvalue weighted by Gasteiger charge is -1.96. The first-order chi connectivity index (χ1) is 9.77. The lowest BCUT2D eigenvalue weighted by molar-refractivity contribution is 0.476. The quantitative estimate of drug-likeness (QED) is 0.557. The number of rotatable bonds is 0. The first-order valence-electron chi connectivity index (χ1n) is 6.95. The van der Waals surface area contributed by atoms with Crippen molar-refractivity contribution >= 4 is 10.8 Å². The summed E-state index contributed by atoms with van der Waals surface area (Å²) in [5, 5.41) is 11.4. The zero-order chi connectivity index (χ0) is 14.6. The summed E-state index contributed by atoms with van der Waals surface area (Å²) in [6.45, 7) is 4.25. The molecular weight excluding hydrogens is 244 g/mol. The van der Waals surface area contributed by atoms with Crippen molar-refractivity contribution in [3.05, 3.63) is 78.9 Å². The molecular formula is C19H22O. The second kappa shape index (κ2) is 9.62. The van der Waals surface area contributed by atoms with E-state index in [1.54, 1.807) is 12.1 Å². The average molecular weight is 266 g/mol. The molecule has 0 amide bonds. The van der Waals surface area contributed by atoms with E-state index in [2.05, 4.69) is 13.8 Å². The standard InChI is InChI=1S/C10H8O.C6H6.C3H8/c11-10-6-5-8-3-1-2-4-9(8)7-10;1-2-4-6-5-3-1;1-3-2/h1-7,11H;1-6H;3H2,1-2H3. The molecule has 0 heterocycles. The highest BCUT2D eigenvalue weighted by Crippen LogP contribution is 2.18. The van der Waals surface area contributed by atoms with Crippen LogP contribution in [0.25, 0.3) is 10.8 Å². The van der Waals surface area contributed by atoms with E-state index in [4.69, 9.17) is 5.11 Å². The molecule has 0 saturated carbocycles. The average Bonchev–Trinajstić information content (AvgIpc) is 2.50. The van der Waals surface area contributed by atoms with Gasteiger partial charge in [-0.15, -0.1) is 0 Å². The van der Waals surface area contributed by atoms with Gasteiger partial charge in [-0.2, -0.15) is 0 Å². The molecule has 3 rings (SSSR count). The first kappa shape index (κ1) is 15.8. The van der Waals surface area contributed by atoms with Crippen LogP contribution >= 0.6 is 0 Å². The number of aromatic hydroxyl groups is 1. The minimum Gasteiger partial charge on any atom is -0.508 e. The molecule has 0 fully saturated rings.